The van der Waals surface area contributed by atoms with Gasteiger partial charge in [-0.3, -0.25) is 0 Å². The number of hydrogen-bond acceptors (Lipinski definition) is 1. The summed E-state index contributed by atoms with van der Waals surface area (Å²) in [7, 11) is 2.22. The molecule has 0 spiro atoms. The van der Waals surface area contributed by atoms with E-state index in [0.29, 0.717) is 0 Å². The molecule has 1 aromatic rings. The van der Waals surface area contributed by atoms with E-state index < -0.39 is 0 Å². The number of para-hydroxylation sites is 1. The molecule has 0 saturated heterocycles. The van der Waals surface area contributed by atoms with Crippen LogP contribution in [-0.2, 0) is 0 Å². The van der Waals surface area contributed by atoms with Gasteiger partial charge in [0.25, 0.3) is 0 Å². The first-order valence-electron chi connectivity index (χ1n) is 8.68. The molecule has 0 radical (unpaired) electrons. The molecular weight excluding hydrogens is 278 g/mol. The Morgan fingerprint density at radius 2 is 1.22 bits per heavy atom. The number of benzene rings is 1. The summed E-state index contributed by atoms with van der Waals surface area (Å²) in [5.74, 6) is 0. The van der Waals surface area contributed by atoms with Crippen LogP contribution in [0.15, 0.2) is 78.9 Å². The molecule has 23 heavy (non-hydrogen) atoms. The highest BCUT2D eigenvalue weighted by molar-refractivity contribution is 5.55. The van der Waals surface area contributed by atoms with Crippen LogP contribution < -0.4 is 4.90 Å². The molecule has 2 aliphatic rings. The number of likely N-dealkylation sites (N-methyl/N-ethyl adjacent to an activating group) is 1. The zero-order chi connectivity index (χ0) is 16.2. The number of hydrogen-bond donors (Lipinski definition) is 0. The van der Waals surface area contributed by atoms with Gasteiger partial charge in [0.15, 0.2) is 0 Å². The highest BCUT2D eigenvalue weighted by atomic mass is 15.2. The molecule has 0 amide bonds. The van der Waals surface area contributed by atoms with Gasteiger partial charge in [0.1, 0.15) is 0 Å². The van der Waals surface area contributed by atoms with Crippen molar-refractivity contribution in [3.63, 3.8) is 0 Å². The first-order valence-corrected chi connectivity index (χ1v) is 8.68. The fourth-order valence-electron chi connectivity index (χ4n) is 3.75. The second-order valence-electron chi connectivity index (χ2n) is 6.77. The first-order chi connectivity index (χ1) is 11.2. The van der Waals surface area contributed by atoms with Crippen LogP contribution in [0.25, 0.3) is 0 Å². The SMILES string of the molecule is CN(c1ccccc1)C1(C2(C)C=CCCC=C2)C=CCCC=C1. The summed E-state index contributed by atoms with van der Waals surface area (Å²) < 4.78 is 0. The monoisotopic (exact) mass is 305 g/mol. The summed E-state index contributed by atoms with van der Waals surface area (Å²) in [6, 6.07) is 10.7. The van der Waals surface area contributed by atoms with Crippen molar-refractivity contribution >= 4 is 5.69 Å². The van der Waals surface area contributed by atoms with Gasteiger partial charge in [0.05, 0.1) is 5.54 Å². The summed E-state index contributed by atoms with van der Waals surface area (Å²) in [6.45, 7) is 2.35. The van der Waals surface area contributed by atoms with Crippen molar-refractivity contribution in [2.24, 2.45) is 5.41 Å². The average Bonchev–Trinajstić information content (AvgIpc) is 2.97. The molecule has 0 atom stereocenters. The molecule has 0 bridgehead atoms. The Bertz CT molecular complexity index is 605. The van der Waals surface area contributed by atoms with Crippen molar-refractivity contribution in [2.75, 3.05) is 11.9 Å². The Kier molecular flexibility index (Phi) is 4.56. The van der Waals surface area contributed by atoms with Gasteiger partial charge >= 0.3 is 0 Å². The minimum atomic E-state index is -0.178. The van der Waals surface area contributed by atoms with Crippen LogP contribution in [-0.4, -0.2) is 12.6 Å². The van der Waals surface area contributed by atoms with Crippen LogP contribution in [0, 0.1) is 5.41 Å². The lowest BCUT2D eigenvalue weighted by atomic mass is 9.68. The van der Waals surface area contributed by atoms with E-state index in [-0.39, 0.29) is 11.0 Å². The van der Waals surface area contributed by atoms with Crippen LogP contribution in [0.5, 0.6) is 0 Å². The summed E-state index contributed by atoms with van der Waals surface area (Å²) in [4.78, 5) is 2.42. The Hall–Kier alpha value is -2.02. The van der Waals surface area contributed by atoms with Crippen molar-refractivity contribution in [3.05, 3.63) is 78.9 Å². The maximum absolute atomic E-state index is 2.42. The minimum Gasteiger partial charge on any atom is -0.361 e. The molecule has 1 aromatic carbocycles. The molecule has 3 rings (SSSR count). The molecule has 0 N–H and O–H groups in total. The van der Waals surface area contributed by atoms with E-state index in [1.54, 1.807) is 0 Å². The Labute approximate surface area is 140 Å². The zero-order valence-corrected chi connectivity index (χ0v) is 14.3. The highest BCUT2D eigenvalue weighted by Crippen LogP contribution is 2.45. The van der Waals surface area contributed by atoms with Crippen LogP contribution in [0.1, 0.15) is 32.6 Å². The summed E-state index contributed by atoms with van der Waals surface area (Å²) in [5, 5.41) is 0. The molecule has 0 heterocycles. The van der Waals surface area contributed by atoms with Gasteiger partial charge in [-0.2, -0.15) is 0 Å². The number of nitrogens with zero attached hydrogens (tertiary/aromatic N) is 1. The van der Waals surface area contributed by atoms with E-state index in [2.05, 4.69) is 97.8 Å². The van der Waals surface area contributed by atoms with Gasteiger partial charge in [-0.05, 0) is 44.7 Å². The quantitative estimate of drug-likeness (QED) is 0.649. The highest BCUT2D eigenvalue weighted by Gasteiger charge is 2.45. The van der Waals surface area contributed by atoms with Crippen molar-refractivity contribution in [3.8, 4) is 0 Å². The molecule has 0 aromatic heterocycles. The van der Waals surface area contributed by atoms with Crippen LogP contribution in [0.3, 0.4) is 0 Å². The predicted molar refractivity (Wildman–Crippen MR) is 101 cm³/mol. The van der Waals surface area contributed by atoms with Crippen molar-refractivity contribution in [1.82, 2.24) is 0 Å². The normalized spacial score (nSPS) is 21.7. The molecule has 2 aliphatic carbocycles. The second kappa shape index (κ2) is 6.62. The molecule has 1 nitrogen and oxygen atoms in total. The van der Waals surface area contributed by atoms with E-state index in [4.69, 9.17) is 0 Å². The van der Waals surface area contributed by atoms with Crippen molar-refractivity contribution < 1.29 is 0 Å². The molecule has 0 unspecified atom stereocenters. The number of rotatable bonds is 3. The topological polar surface area (TPSA) is 3.24 Å². The van der Waals surface area contributed by atoms with E-state index in [1.807, 2.05) is 0 Å². The lowest BCUT2D eigenvalue weighted by molar-refractivity contribution is 0.376. The smallest absolute Gasteiger partial charge is 0.0887 e. The summed E-state index contributed by atoms with van der Waals surface area (Å²) >= 11 is 0. The third-order valence-corrected chi connectivity index (χ3v) is 5.23. The average molecular weight is 305 g/mol. The van der Waals surface area contributed by atoms with Gasteiger partial charge in [-0.25, -0.2) is 0 Å². The third kappa shape index (κ3) is 2.93. The lowest BCUT2D eigenvalue weighted by Gasteiger charge is -2.49. The van der Waals surface area contributed by atoms with E-state index in [0.717, 1.165) is 25.7 Å². The van der Waals surface area contributed by atoms with Gasteiger partial charge in [-0.1, -0.05) is 66.8 Å². The number of allylic oxidation sites excluding steroid dienone is 4. The maximum atomic E-state index is 2.42. The van der Waals surface area contributed by atoms with Crippen LogP contribution in [0.4, 0.5) is 5.69 Å². The standard InChI is InChI=1S/C22H27N/c1-21(16-10-3-4-11-17-21)22(18-12-5-6-13-19-22)23(2)20-14-8-7-9-15-20/h7-19H,3-6H2,1-2H3. The van der Waals surface area contributed by atoms with Gasteiger partial charge < -0.3 is 4.90 Å². The van der Waals surface area contributed by atoms with E-state index >= 15 is 0 Å². The lowest BCUT2D eigenvalue weighted by Crippen LogP contribution is -2.54. The third-order valence-electron chi connectivity index (χ3n) is 5.23. The minimum absolute atomic E-state index is 0.0641. The Morgan fingerprint density at radius 1 is 0.739 bits per heavy atom. The number of anilines is 1. The summed E-state index contributed by atoms with van der Waals surface area (Å²) in [6.07, 6.45) is 23.5. The Balaban J connectivity index is 2.15. The zero-order valence-electron chi connectivity index (χ0n) is 14.3. The fourth-order valence-corrected chi connectivity index (χ4v) is 3.75. The maximum Gasteiger partial charge on any atom is 0.0887 e. The van der Waals surface area contributed by atoms with Crippen LogP contribution >= 0.6 is 0 Å². The van der Waals surface area contributed by atoms with E-state index in [1.165, 1.54) is 5.69 Å². The van der Waals surface area contributed by atoms with Crippen molar-refractivity contribution in [2.45, 2.75) is 38.1 Å². The molecule has 0 aliphatic heterocycles. The second-order valence-corrected chi connectivity index (χ2v) is 6.77. The molecule has 1 heteroatoms. The van der Waals surface area contributed by atoms with Crippen LogP contribution in [0.2, 0.25) is 0 Å². The molecule has 0 saturated carbocycles. The Morgan fingerprint density at radius 3 is 1.74 bits per heavy atom. The van der Waals surface area contributed by atoms with Gasteiger partial charge in [0.2, 0.25) is 0 Å². The van der Waals surface area contributed by atoms with E-state index in [9.17, 15) is 0 Å². The molecular formula is C22H27N. The van der Waals surface area contributed by atoms with Gasteiger partial charge in [-0.15, -0.1) is 0 Å². The first kappa shape index (κ1) is 15.9. The fraction of sp³-hybridized carbons (Fsp3) is 0.364. The van der Waals surface area contributed by atoms with Crippen molar-refractivity contribution in [1.29, 1.82) is 0 Å². The largest absolute Gasteiger partial charge is 0.361 e. The predicted octanol–water partition coefficient (Wildman–Crippen LogP) is 5.68. The molecule has 120 valence electrons. The molecule has 0 fully saturated rings. The van der Waals surface area contributed by atoms with Gasteiger partial charge in [0, 0.05) is 18.2 Å². The summed E-state index contributed by atoms with van der Waals surface area (Å²) in [5.41, 5.74) is 1.00.